The van der Waals surface area contributed by atoms with Gasteiger partial charge in [0.25, 0.3) is 0 Å². The summed E-state index contributed by atoms with van der Waals surface area (Å²) >= 11 is 1.96. The smallest absolute Gasteiger partial charge is 0.213 e. The molecule has 1 N–H and O–H groups in total. The fraction of sp³-hybridized carbons (Fsp3) is 0.857. The van der Waals surface area contributed by atoms with Gasteiger partial charge in [-0.15, -0.1) is 11.8 Å². The Balaban J connectivity index is 1.65. The maximum absolute atomic E-state index is 11.0. The number of rotatable bonds is 2. The zero-order chi connectivity index (χ0) is 13.2. The Bertz CT molecular complexity index is 386. The van der Waals surface area contributed by atoms with E-state index >= 15 is 0 Å². The fourth-order valence-electron chi connectivity index (χ4n) is 3.69. The Morgan fingerprint density at radius 1 is 1.21 bits per heavy atom. The van der Waals surface area contributed by atoms with Gasteiger partial charge in [-0.2, -0.15) is 0 Å². The highest BCUT2D eigenvalue weighted by molar-refractivity contribution is 8.02. The molecule has 2 saturated carbocycles. The third-order valence-electron chi connectivity index (χ3n) is 4.81. The van der Waals surface area contributed by atoms with E-state index in [2.05, 4.69) is 10.7 Å². The summed E-state index contributed by atoms with van der Waals surface area (Å²) in [6, 6.07) is 0.283. The fourth-order valence-corrected chi connectivity index (χ4v) is 4.96. The van der Waals surface area contributed by atoms with Crippen LogP contribution in [-0.4, -0.2) is 22.3 Å². The van der Waals surface area contributed by atoms with E-state index < -0.39 is 0 Å². The topological polar surface area (TPSA) is 55.2 Å². The highest BCUT2D eigenvalue weighted by Crippen LogP contribution is 2.38. The molecule has 0 aromatic rings. The molecule has 4 nitrogen and oxygen atoms in total. The molecule has 0 saturated heterocycles. The molecule has 0 unspecified atom stereocenters. The molecule has 3 rings (SSSR count). The monoisotopic (exact) mass is 282 g/mol. The number of hydrogen-bond acceptors (Lipinski definition) is 4. The van der Waals surface area contributed by atoms with Crippen molar-refractivity contribution in [3.63, 3.8) is 0 Å². The standard InChI is InChI=1S/C14H22N2O2S/c17-16(18)11-5-3-4-10(8-11)13-9-19-14-7-2-1-6-12(14)15-13/h9-12,14-15H,1-8H2/t10-,11+,12+,14+/m1/s1. The average molecular weight is 282 g/mol. The lowest BCUT2D eigenvalue weighted by atomic mass is 9.83. The van der Waals surface area contributed by atoms with E-state index in [0.717, 1.165) is 30.9 Å². The molecule has 2 fully saturated rings. The maximum atomic E-state index is 11.0. The van der Waals surface area contributed by atoms with Crippen LogP contribution in [0.15, 0.2) is 11.1 Å². The quantitative estimate of drug-likeness (QED) is 0.623. The van der Waals surface area contributed by atoms with E-state index in [1.165, 1.54) is 31.4 Å². The molecule has 0 aromatic heterocycles. The molecule has 1 aliphatic heterocycles. The molecule has 4 atom stereocenters. The number of nitrogens with zero attached hydrogens (tertiary/aromatic N) is 1. The number of fused-ring (bicyclic) bond motifs is 1. The van der Waals surface area contributed by atoms with E-state index in [-0.39, 0.29) is 11.0 Å². The summed E-state index contributed by atoms with van der Waals surface area (Å²) < 4.78 is 0. The molecular formula is C14H22N2O2S. The first-order valence-corrected chi connectivity index (χ1v) is 8.44. The van der Waals surface area contributed by atoms with Crippen molar-refractivity contribution in [3.8, 4) is 0 Å². The molecule has 19 heavy (non-hydrogen) atoms. The summed E-state index contributed by atoms with van der Waals surface area (Å²) in [6.07, 6.45) is 8.85. The van der Waals surface area contributed by atoms with Crippen molar-refractivity contribution < 1.29 is 4.92 Å². The second-order valence-corrected chi connectivity index (χ2v) is 7.20. The normalized spacial score (nSPS) is 38.8. The first kappa shape index (κ1) is 13.3. The van der Waals surface area contributed by atoms with Crippen LogP contribution < -0.4 is 5.32 Å². The first-order valence-electron chi connectivity index (χ1n) is 7.49. The highest BCUT2D eigenvalue weighted by Gasteiger charge is 2.35. The van der Waals surface area contributed by atoms with Gasteiger partial charge in [0.2, 0.25) is 6.04 Å². The Morgan fingerprint density at radius 3 is 2.89 bits per heavy atom. The van der Waals surface area contributed by atoms with Crippen LogP contribution in [0.2, 0.25) is 0 Å². The zero-order valence-corrected chi connectivity index (χ0v) is 12.0. The van der Waals surface area contributed by atoms with Crippen molar-refractivity contribution in [2.75, 3.05) is 0 Å². The van der Waals surface area contributed by atoms with Gasteiger partial charge in [-0.25, -0.2) is 0 Å². The van der Waals surface area contributed by atoms with Crippen LogP contribution in [0.25, 0.3) is 0 Å². The van der Waals surface area contributed by atoms with E-state index in [4.69, 9.17) is 0 Å². The third kappa shape index (κ3) is 2.91. The lowest BCUT2D eigenvalue weighted by Gasteiger charge is -2.39. The minimum absolute atomic E-state index is 0.0773. The summed E-state index contributed by atoms with van der Waals surface area (Å²) in [6.45, 7) is 0. The van der Waals surface area contributed by atoms with Crippen LogP contribution in [0, 0.1) is 16.0 Å². The number of nitrogens with one attached hydrogen (secondary N) is 1. The van der Waals surface area contributed by atoms with Crippen LogP contribution in [-0.2, 0) is 0 Å². The maximum Gasteiger partial charge on any atom is 0.213 e. The summed E-state index contributed by atoms with van der Waals surface area (Å²) in [4.78, 5) is 10.9. The lowest BCUT2D eigenvalue weighted by molar-refractivity contribution is -0.527. The molecule has 0 aromatic carbocycles. The van der Waals surface area contributed by atoms with Gasteiger partial charge in [-0.1, -0.05) is 12.8 Å². The molecule has 0 amide bonds. The second kappa shape index (κ2) is 5.73. The summed E-state index contributed by atoms with van der Waals surface area (Å²) in [5.74, 6) is 0.388. The molecule has 2 aliphatic carbocycles. The Morgan fingerprint density at radius 2 is 2.05 bits per heavy atom. The van der Waals surface area contributed by atoms with Gasteiger partial charge in [-0.05, 0) is 31.1 Å². The Labute approximate surface area is 118 Å². The summed E-state index contributed by atoms with van der Waals surface area (Å²) in [7, 11) is 0. The molecular weight excluding hydrogens is 260 g/mol. The van der Waals surface area contributed by atoms with Crippen molar-refractivity contribution in [3.05, 3.63) is 21.2 Å². The van der Waals surface area contributed by atoms with Gasteiger partial charge in [0, 0.05) is 40.7 Å². The van der Waals surface area contributed by atoms with Crippen molar-refractivity contribution in [2.45, 2.75) is 68.7 Å². The lowest BCUT2D eigenvalue weighted by Crippen LogP contribution is -2.44. The predicted octanol–water partition coefficient (Wildman–Crippen LogP) is 3.31. The van der Waals surface area contributed by atoms with E-state index in [9.17, 15) is 10.1 Å². The molecule has 5 heteroatoms. The largest absolute Gasteiger partial charge is 0.384 e. The molecule has 3 aliphatic rings. The molecule has 1 heterocycles. The third-order valence-corrected chi connectivity index (χ3v) is 6.11. The first-order chi connectivity index (χ1) is 9.24. The van der Waals surface area contributed by atoms with E-state index in [0.29, 0.717) is 12.0 Å². The van der Waals surface area contributed by atoms with Crippen molar-refractivity contribution in [1.82, 2.24) is 5.32 Å². The number of hydrogen-bond donors (Lipinski definition) is 1. The highest BCUT2D eigenvalue weighted by atomic mass is 32.2. The average Bonchev–Trinajstić information content (AvgIpc) is 2.47. The Kier molecular flexibility index (Phi) is 4.01. The SMILES string of the molecule is O=[N+]([O-])[C@H]1CCC[C@@H](C2=CS[C@H]3CCCC[C@@H]3N2)C1. The zero-order valence-electron chi connectivity index (χ0n) is 11.2. The van der Waals surface area contributed by atoms with Gasteiger partial charge in [0.15, 0.2) is 0 Å². The van der Waals surface area contributed by atoms with Crippen molar-refractivity contribution in [1.29, 1.82) is 0 Å². The molecule has 0 bridgehead atoms. The molecule has 106 valence electrons. The molecule has 0 spiro atoms. The van der Waals surface area contributed by atoms with Gasteiger partial charge in [-0.3, -0.25) is 10.1 Å². The minimum atomic E-state index is -0.324. The van der Waals surface area contributed by atoms with Gasteiger partial charge < -0.3 is 5.32 Å². The van der Waals surface area contributed by atoms with Crippen LogP contribution in [0.5, 0.6) is 0 Å². The van der Waals surface area contributed by atoms with Crippen LogP contribution in [0.3, 0.4) is 0 Å². The summed E-state index contributed by atoms with van der Waals surface area (Å²) in [5, 5.41) is 17.7. The predicted molar refractivity (Wildman–Crippen MR) is 77.6 cm³/mol. The number of allylic oxidation sites excluding steroid dienone is 1. The number of thioether (sulfide) groups is 1. The minimum Gasteiger partial charge on any atom is -0.384 e. The van der Waals surface area contributed by atoms with E-state index in [1.54, 1.807) is 0 Å². The van der Waals surface area contributed by atoms with Crippen LogP contribution >= 0.6 is 11.8 Å². The second-order valence-electron chi connectivity index (χ2n) is 6.09. The van der Waals surface area contributed by atoms with Gasteiger partial charge in [0.05, 0.1) is 0 Å². The van der Waals surface area contributed by atoms with E-state index in [1.807, 2.05) is 11.8 Å². The van der Waals surface area contributed by atoms with Gasteiger partial charge in [0.1, 0.15) is 0 Å². The van der Waals surface area contributed by atoms with Crippen LogP contribution in [0.4, 0.5) is 0 Å². The van der Waals surface area contributed by atoms with Crippen LogP contribution in [0.1, 0.15) is 51.4 Å². The summed E-state index contributed by atoms with van der Waals surface area (Å²) in [5.41, 5.74) is 1.29. The van der Waals surface area contributed by atoms with Crippen molar-refractivity contribution >= 4 is 11.8 Å². The Hall–Kier alpha value is -0.710. The van der Waals surface area contributed by atoms with Gasteiger partial charge >= 0.3 is 0 Å². The molecule has 0 radical (unpaired) electrons. The van der Waals surface area contributed by atoms with Crippen molar-refractivity contribution in [2.24, 2.45) is 5.92 Å². The number of nitro groups is 1.